The summed E-state index contributed by atoms with van der Waals surface area (Å²) in [6, 6.07) is 15.9. The average Bonchev–Trinajstić information content (AvgIpc) is 2.67. The number of ether oxygens (including phenoxy) is 1. The van der Waals surface area contributed by atoms with Crippen LogP contribution in [0, 0.1) is 5.92 Å². The normalized spacial score (nSPS) is 12.2. The Hall–Kier alpha value is -2.50. The number of nitrogens with zero attached hydrogens (tertiary/aromatic N) is 2. The van der Waals surface area contributed by atoms with E-state index >= 15 is 0 Å². The molecule has 0 amide bonds. The lowest BCUT2D eigenvalue weighted by molar-refractivity contribution is 0.220. The van der Waals surface area contributed by atoms with Gasteiger partial charge in [-0.05, 0) is 36.6 Å². The fraction of sp³-hybridized carbons (Fsp3) is 0.300. The number of para-hydroxylation sites is 1. The molecular formula is C20H23N3O2. The van der Waals surface area contributed by atoms with Crippen LogP contribution in [0.3, 0.4) is 0 Å². The minimum Gasteiger partial charge on any atom is -0.481 e. The highest BCUT2D eigenvalue weighted by molar-refractivity contribution is 5.80. The Morgan fingerprint density at radius 1 is 1.16 bits per heavy atom. The molecule has 25 heavy (non-hydrogen) atoms. The maximum atomic E-state index is 9.62. The number of hydrogen-bond donors (Lipinski definition) is 2. The summed E-state index contributed by atoms with van der Waals surface area (Å²) in [5.41, 5.74) is 2.93. The molecule has 0 bridgehead atoms. The summed E-state index contributed by atoms with van der Waals surface area (Å²) in [6.07, 6.45) is 2.53. The second-order valence-electron chi connectivity index (χ2n) is 6.05. The second kappa shape index (κ2) is 8.55. The van der Waals surface area contributed by atoms with Gasteiger partial charge in [0.1, 0.15) is 0 Å². The lowest BCUT2D eigenvalue weighted by Crippen LogP contribution is -2.27. The first-order chi connectivity index (χ1) is 12.3. The maximum absolute atomic E-state index is 9.62. The summed E-state index contributed by atoms with van der Waals surface area (Å²) in [6.45, 7) is 1.46. The Labute approximate surface area is 147 Å². The number of nitrogens with one attached hydrogen (secondary N) is 1. The van der Waals surface area contributed by atoms with E-state index in [9.17, 15) is 5.11 Å². The first-order valence-electron chi connectivity index (χ1n) is 8.44. The Kier molecular flexibility index (Phi) is 5.93. The maximum Gasteiger partial charge on any atom is 0.218 e. The molecule has 2 aromatic heterocycles. The smallest absolute Gasteiger partial charge is 0.218 e. The highest BCUT2D eigenvalue weighted by atomic mass is 16.5. The molecule has 0 spiro atoms. The fourth-order valence-corrected chi connectivity index (χ4v) is 2.87. The van der Waals surface area contributed by atoms with E-state index in [4.69, 9.17) is 4.74 Å². The Bertz CT molecular complexity index is 808. The molecule has 1 aromatic carbocycles. The Balaban J connectivity index is 1.63. The van der Waals surface area contributed by atoms with E-state index in [1.54, 1.807) is 13.3 Å². The zero-order valence-corrected chi connectivity index (χ0v) is 14.4. The van der Waals surface area contributed by atoms with Crippen LogP contribution in [0.2, 0.25) is 0 Å². The van der Waals surface area contributed by atoms with E-state index in [1.165, 1.54) is 0 Å². The van der Waals surface area contributed by atoms with Gasteiger partial charge in [-0.15, -0.1) is 0 Å². The van der Waals surface area contributed by atoms with E-state index in [-0.39, 0.29) is 12.5 Å². The third-order valence-corrected chi connectivity index (χ3v) is 4.19. The van der Waals surface area contributed by atoms with E-state index < -0.39 is 0 Å². The van der Waals surface area contributed by atoms with Crippen LogP contribution in [0.15, 0.2) is 54.7 Å². The van der Waals surface area contributed by atoms with Crippen molar-refractivity contribution in [3.8, 4) is 5.88 Å². The number of rotatable bonds is 8. The molecule has 3 rings (SSSR count). The third-order valence-electron chi connectivity index (χ3n) is 4.19. The molecule has 0 fully saturated rings. The van der Waals surface area contributed by atoms with Gasteiger partial charge in [0.15, 0.2) is 0 Å². The topological polar surface area (TPSA) is 67.3 Å². The van der Waals surface area contributed by atoms with E-state index in [0.717, 1.165) is 28.6 Å². The van der Waals surface area contributed by atoms with Crippen molar-refractivity contribution >= 4 is 10.9 Å². The molecule has 5 nitrogen and oxygen atoms in total. The number of aliphatic hydroxyl groups excluding tert-OH is 1. The number of hydrogen-bond acceptors (Lipinski definition) is 5. The van der Waals surface area contributed by atoms with Gasteiger partial charge in [0.2, 0.25) is 5.88 Å². The first-order valence-corrected chi connectivity index (χ1v) is 8.44. The van der Waals surface area contributed by atoms with Crippen molar-refractivity contribution in [2.24, 2.45) is 5.92 Å². The van der Waals surface area contributed by atoms with Gasteiger partial charge in [0, 0.05) is 42.5 Å². The van der Waals surface area contributed by atoms with Crippen molar-refractivity contribution in [2.75, 3.05) is 20.3 Å². The number of aliphatic hydroxyl groups is 1. The van der Waals surface area contributed by atoms with Crippen molar-refractivity contribution in [3.05, 3.63) is 66.0 Å². The van der Waals surface area contributed by atoms with E-state index in [0.29, 0.717) is 19.0 Å². The third kappa shape index (κ3) is 4.53. The number of methoxy groups -OCH3 is 1. The van der Waals surface area contributed by atoms with Crippen LogP contribution in [0.5, 0.6) is 5.88 Å². The average molecular weight is 337 g/mol. The van der Waals surface area contributed by atoms with Crippen molar-refractivity contribution in [3.63, 3.8) is 0 Å². The molecule has 0 saturated carbocycles. The largest absolute Gasteiger partial charge is 0.481 e. The summed E-state index contributed by atoms with van der Waals surface area (Å²) in [5.74, 6) is 0.755. The van der Waals surface area contributed by atoms with Gasteiger partial charge in [-0.25, -0.2) is 4.98 Å². The zero-order chi connectivity index (χ0) is 17.5. The van der Waals surface area contributed by atoms with Crippen molar-refractivity contribution < 1.29 is 9.84 Å². The van der Waals surface area contributed by atoms with Crippen LogP contribution in [0.4, 0.5) is 0 Å². The summed E-state index contributed by atoms with van der Waals surface area (Å²) in [4.78, 5) is 8.88. The number of pyridine rings is 2. The predicted molar refractivity (Wildman–Crippen MR) is 98.5 cm³/mol. The Morgan fingerprint density at radius 3 is 2.76 bits per heavy atom. The molecule has 0 aliphatic rings. The summed E-state index contributed by atoms with van der Waals surface area (Å²) >= 11 is 0. The molecule has 0 aliphatic carbocycles. The van der Waals surface area contributed by atoms with Gasteiger partial charge >= 0.3 is 0 Å². The molecule has 5 heteroatoms. The number of aromatic nitrogens is 2. The summed E-state index contributed by atoms with van der Waals surface area (Å²) in [5, 5.41) is 14.1. The van der Waals surface area contributed by atoms with Crippen molar-refractivity contribution in [1.82, 2.24) is 15.3 Å². The second-order valence-corrected chi connectivity index (χ2v) is 6.05. The number of fused-ring (bicyclic) bond motifs is 1. The minimum atomic E-state index is 0.120. The zero-order valence-electron chi connectivity index (χ0n) is 14.4. The summed E-state index contributed by atoms with van der Waals surface area (Å²) in [7, 11) is 1.64. The fourth-order valence-electron chi connectivity index (χ4n) is 2.87. The molecule has 0 aliphatic heterocycles. The lowest BCUT2D eigenvalue weighted by atomic mass is 10.0. The minimum absolute atomic E-state index is 0.120. The highest BCUT2D eigenvalue weighted by Crippen LogP contribution is 2.22. The van der Waals surface area contributed by atoms with Crippen LogP contribution in [-0.4, -0.2) is 35.3 Å². The monoisotopic (exact) mass is 337 g/mol. The highest BCUT2D eigenvalue weighted by Gasteiger charge is 2.11. The van der Waals surface area contributed by atoms with E-state index in [2.05, 4.69) is 21.4 Å². The van der Waals surface area contributed by atoms with Crippen molar-refractivity contribution in [1.29, 1.82) is 0 Å². The van der Waals surface area contributed by atoms with Crippen LogP contribution < -0.4 is 10.1 Å². The molecule has 1 atom stereocenters. The van der Waals surface area contributed by atoms with Gasteiger partial charge in [0.25, 0.3) is 0 Å². The van der Waals surface area contributed by atoms with Gasteiger partial charge in [-0.3, -0.25) is 4.98 Å². The van der Waals surface area contributed by atoms with Gasteiger partial charge in [0.05, 0.1) is 12.6 Å². The molecule has 130 valence electrons. The quantitative estimate of drug-likeness (QED) is 0.661. The summed E-state index contributed by atoms with van der Waals surface area (Å²) < 4.78 is 5.42. The van der Waals surface area contributed by atoms with Crippen LogP contribution in [0.1, 0.15) is 11.3 Å². The SMILES string of the molecule is COc1nc2ccccc2cc1CNCC(CO)Cc1ccccn1. The van der Waals surface area contributed by atoms with Gasteiger partial charge in [-0.1, -0.05) is 24.3 Å². The molecule has 1 unspecified atom stereocenters. The van der Waals surface area contributed by atoms with Gasteiger partial charge < -0.3 is 15.2 Å². The van der Waals surface area contributed by atoms with Crippen LogP contribution in [0.25, 0.3) is 10.9 Å². The molecule has 2 N–H and O–H groups in total. The Morgan fingerprint density at radius 2 is 2.00 bits per heavy atom. The lowest BCUT2D eigenvalue weighted by Gasteiger charge is -2.16. The van der Waals surface area contributed by atoms with E-state index in [1.807, 2.05) is 42.5 Å². The molecular weight excluding hydrogens is 314 g/mol. The van der Waals surface area contributed by atoms with Gasteiger partial charge in [-0.2, -0.15) is 0 Å². The molecule has 3 aromatic rings. The van der Waals surface area contributed by atoms with Crippen LogP contribution >= 0.6 is 0 Å². The number of benzene rings is 1. The van der Waals surface area contributed by atoms with Crippen LogP contribution in [-0.2, 0) is 13.0 Å². The first kappa shape index (κ1) is 17.3. The predicted octanol–water partition coefficient (Wildman–Crippen LogP) is 2.58. The van der Waals surface area contributed by atoms with Crippen molar-refractivity contribution in [2.45, 2.75) is 13.0 Å². The standard InChI is InChI=1S/C20H23N3O2/c1-25-20-17(11-16-6-2-3-8-19(16)23-20)13-21-12-15(14-24)10-18-7-4-5-9-22-18/h2-9,11,15,21,24H,10,12-14H2,1H3. The molecule has 0 radical (unpaired) electrons. The molecule has 2 heterocycles. The molecule has 0 saturated heterocycles.